The van der Waals surface area contributed by atoms with Crippen LogP contribution in [0.15, 0.2) is 18.3 Å². The molecule has 3 rings (SSSR count). The molecule has 1 N–H and O–H groups in total. The molecule has 2 aliphatic heterocycles. The van der Waals surface area contributed by atoms with Gasteiger partial charge in [0, 0.05) is 38.5 Å². The van der Waals surface area contributed by atoms with Gasteiger partial charge < -0.3 is 15.0 Å². The van der Waals surface area contributed by atoms with Gasteiger partial charge in [-0.15, -0.1) is 0 Å². The molecule has 2 fully saturated rings. The van der Waals surface area contributed by atoms with Gasteiger partial charge in [0.15, 0.2) is 5.82 Å². The van der Waals surface area contributed by atoms with E-state index in [0.29, 0.717) is 6.04 Å². The van der Waals surface area contributed by atoms with Crippen molar-refractivity contribution in [3.05, 3.63) is 18.3 Å². The molecule has 2 saturated heterocycles. The molecule has 1 aromatic heterocycles. The Balaban J connectivity index is 1.72. The molecule has 104 valence electrons. The highest BCUT2D eigenvalue weighted by atomic mass is 16.5. The normalized spacial score (nSPS) is 24.2. The fraction of sp³-hybridized carbons (Fsp3) is 0.667. The number of hydrogen-bond donors (Lipinski definition) is 1. The topological polar surface area (TPSA) is 37.4 Å². The highest BCUT2D eigenvalue weighted by molar-refractivity contribution is 5.66. The van der Waals surface area contributed by atoms with Gasteiger partial charge in [0.2, 0.25) is 0 Å². The van der Waals surface area contributed by atoms with Crippen LogP contribution in [-0.2, 0) is 4.74 Å². The molecular weight excluding hydrogens is 238 g/mol. The van der Waals surface area contributed by atoms with E-state index in [1.54, 1.807) is 0 Å². The minimum absolute atomic E-state index is 0.521. The molecule has 0 bridgehead atoms. The van der Waals surface area contributed by atoms with Crippen molar-refractivity contribution in [1.82, 2.24) is 4.98 Å². The number of hydrogen-bond acceptors (Lipinski definition) is 4. The van der Waals surface area contributed by atoms with E-state index in [4.69, 9.17) is 4.74 Å². The molecule has 0 aromatic carbocycles. The number of anilines is 2. The second-order valence-electron chi connectivity index (χ2n) is 5.45. The van der Waals surface area contributed by atoms with Crippen molar-refractivity contribution in [2.45, 2.75) is 38.1 Å². The molecule has 0 spiro atoms. The molecular formula is C15H23N3O. The van der Waals surface area contributed by atoms with E-state index in [1.807, 2.05) is 12.3 Å². The van der Waals surface area contributed by atoms with Crippen LogP contribution in [0.1, 0.15) is 32.1 Å². The van der Waals surface area contributed by atoms with E-state index in [0.717, 1.165) is 45.0 Å². The van der Waals surface area contributed by atoms with Gasteiger partial charge in [-0.25, -0.2) is 4.98 Å². The summed E-state index contributed by atoms with van der Waals surface area (Å²) in [5, 5.41) is 3.68. The van der Waals surface area contributed by atoms with Crippen LogP contribution in [0.25, 0.3) is 0 Å². The number of ether oxygens (including phenoxy) is 1. The third-order valence-corrected chi connectivity index (χ3v) is 4.00. The lowest BCUT2D eigenvalue weighted by Gasteiger charge is -2.23. The number of rotatable bonds is 3. The van der Waals surface area contributed by atoms with E-state index in [1.165, 1.54) is 24.9 Å². The molecule has 0 saturated carbocycles. The van der Waals surface area contributed by atoms with E-state index in [9.17, 15) is 0 Å². The quantitative estimate of drug-likeness (QED) is 0.907. The first-order valence-electron chi connectivity index (χ1n) is 7.48. The van der Waals surface area contributed by atoms with Gasteiger partial charge in [0.05, 0.1) is 5.69 Å². The summed E-state index contributed by atoms with van der Waals surface area (Å²) in [6.45, 7) is 4.06. The van der Waals surface area contributed by atoms with Gasteiger partial charge in [-0.05, 0) is 44.2 Å². The Morgan fingerprint density at radius 3 is 2.95 bits per heavy atom. The zero-order valence-electron chi connectivity index (χ0n) is 11.5. The lowest BCUT2D eigenvalue weighted by molar-refractivity contribution is 0.144. The van der Waals surface area contributed by atoms with Crippen molar-refractivity contribution >= 4 is 11.5 Å². The van der Waals surface area contributed by atoms with Crippen molar-refractivity contribution in [2.24, 2.45) is 0 Å². The van der Waals surface area contributed by atoms with Crippen LogP contribution in [0.4, 0.5) is 11.5 Å². The first kappa shape index (κ1) is 12.7. The fourth-order valence-corrected chi connectivity index (χ4v) is 2.96. The Labute approximate surface area is 115 Å². The third-order valence-electron chi connectivity index (χ3n) is 4.00. The predicted octanol–water partition coefficient (Wildman–Crippen LogP) is 2.66. The van der Waals surface area contributed by atoms with Crippen LogP contribution in [0.2, 0.25) is 0 Å². The van der Waals surface area contributed by atoms with Crippen molar-refractivity contribution in [3.8, 4) is 0 Å². The fourth-order valence-electron chi connectivity index (χ4n) is 2.96. The Morgan fingerprint density at radius 1 is 1.16 bits per heavy atom. The van der Waals surface area contributed by atoms with Crippen LogP contribution < -0.4 is 10.2 Å². The monoisotopic (exact) mass is 261 g/mol. The molecule has 0 amide bonds. The molecule has 0 radical (unpaired) electrons. The van der Waals surface area contributed by atoms with Crippen molar-refractivity contribution in [2.75, 3.05) is 36.5 Å². The van der Waals surface area contributed by atoms with E-state index >= 15 is 0 Å². The molecule has 0 aliphatic carbocycles. The second-order valence-corrected chi connectivity index (χ2v) is 5.45. The number of aromatic nitrogens is 1. The summed E-state index contributed by atoms with van der Waals surface area (Å²) >= 11 is 0. The Bertz CT molecular complexity index is 396. The molecule has 4 heteroatoms. The average Bonchev–Trinajstić information content (AvgIpc) is 2.85. The van der Waals surface area contributed by atoms with Crippen LogP contribution in [0, 0.1) is 0 Å². The summed E-state index contributed by atoms with van der Waals surface area (Å²) in [5.41, 5.74) is 1.19. The first-order chi connectivity index (χ1) is 9.43. The minimum atomic E-state index is 0.521. The van der Waals surface area contributed by atoms with E-state index < -0.39 is 0 Å². The van der Waals surface area contributed by atoms with Crippen LogP contribution in [-0.4, -0.2) is 37.3 Å². The Hall–Kier alpha value is -1.29. The van der Waals surface area contributed by atoms with Gasteiger partial charge in [-0.1, -0.05) is 0 Å². The van der Waals surface area contributed by atoms with Crippen LogP contribution in [0.3, 0.4) is 0 Å². The molecule has 2 aliphatic rings. The lowest BCUT2D eigenvalue weighted by Crippen LogP contribution is -2.24. The van der Waals surface area contributed by atoms with Gasteiger partial charge in [-0.3, -0.25) is 0 Å². The third kappa shape index (κ3) is 3.18. The minimum Gasteiger partial charge on any atom is -0.381 e. The Kier molecular flexibility index (Phi) is 4.18. The summed E-state index contributed by atoms with van der Waals surface area (Å²) in [4.78, 5) is 6.98. The van der Waals surface area contributed by atoms with Crippen molar-refractivity contribution in [1.29, 1.82) is 0 Å². The van der Waals surface area contributed by atoms with Gasteiger partial charge in [0.25, 0.3) is 0 Å². The Morgan fingerprint density at radius 2 is 2.05 bits per heavy atom. The SMILES string of the molecule is c1cnc(N2CCCC2)c(NC2CCCOCC2)c1. The lowest BCUT2D eigenvalue weighted by atomic mass is 10.1. The van der Waals surface area contributed by atoms with Crippen molar-refractivity contribution < 1.29 is 4.74 Å². The molecule has 4 nitrogen and oxygen atoms in total. The van der Waals surface area contributed by atoms with Gasteiger partial charge >= 0.3 is 0 Å². The summed E-state index contributed by atoms with van der Waals surface area (Å²) in [6.07, 6.45) is 7.90. The number of nitrogens with one attached hydrogen (secondary N) is 1. The van der Waals surface area contributed by atoms with Crippen LogP contribution >= 0.6 is 0 Å². The number of nitrogens with zero attached hydrogens (tertiary/aromatic N) is 2. The summed E-state index contributed by atoms with van der Waals surface area (Å²) < 4.78 is 5.53. The first-order valence-corrected chi connectivity index (χ1v) is 7.48. The largest absolute Gasteiger partial charge is 0.381 e. The highest BCUT2D eigenvalue weighted by Crippen LogP contribution is 2.27. The standard InChI is InChI=1S/C15H23N3O/c1-2-10-18(9-1)15-14(6-3-8-16-15)17-13-5-4-11-19-12-7-13/h3,6,8,13,17H,1-2,4-5,7,9-12H2. The van der Waals surface area contributed by atoms with E-state index in [-0.39, 0.29) is 0 Å². The molecule has 1 aromatic rings. The maximum absolute atomic E-state index is 5.53. The zero-order chi connectivity index (χ0) is 12.9. The summed E-state index contributed by atoms with van der Waals surface area (Å²) in [5.74, 6) is 1.13. The number of pyridine rings is 1. The highest BCUT2D eigenvalue weighted by Gasteiger charge is 2.19. The van der Waals surface area contributed by atoms with Crippen molar-refractivity contribution in [3.63, 3.8) is 0 Å². The summed E-state index contributed by atoms with van der Waals surface area (Å²) in [6, 6.07) is 4.70. The summed E-state index contributed by atoms with van der Waals surface area (Å²) in [7, 11) is 0. The van der Waals surface area contributed by atoms with Gasteiger partial charge in [-0.2, -0.15) is 0 Å². The molecule has 19 heavy (non-hydrogen) atoms. The van der Waals surface area contributed by atoms with E-state index in [2.05, 4.69) is 21.3 Å². The van der Waals surface area contributed by atoms with Crippen LogP contribution in [0.5, 0.6) is 0 Å². The maximum atomic E-state index is 5.53. The van der Waals surface area contributed by atoms with Gasteiger partial charge in [0.1, 0.15) is 0 Å². The predicted molar refractivity (Wildman–Crippen MR) is 77.8 cm³/mol. The molecule has 1 unspecified atom stereocenters. The average molecular weight is 261 g/mol. The zero-order valence-corrected chi connectivity index (χ0v) is 11.5. The second kappa shape index (κ2) is 6.24. The molecule has 3 heterocycles. The maximum Gasteiger partial charge on any atom is 0.151 e. The molecule has 1 atom stereocenters. The smallest absolute Gasteiger partial charge is 0.151 e.